The van der Waals surface area contributed by atoms with E-state index in [9.17, 15) is 4.39 Å². The molecule has 0 radical (unpaired) electrons. The molecule has 1 aromatic rings. The third kappa shape index (κ3) is 3.74. The number of benzene rings is 1. The van der Waals surface area contributed by atoms with Crippen molar-refractivity contribution >= 4 is 70.0 Å². The van der Waals surface area contributed by atoms with Crippen LogP contribution in [0.15, 0.2) is 29.2 Å². The maximum atomic E-state index is 12.8. The SMILES string of the molecule is C/C(=C(/S)C(=S)C(=S)C=S)c1ccc(F)cc1. The Kier molecular flexibility index (Phi) is 5.52. The first-order valence-corrected chi connectivity index (χ1v) is 6.40. The minimum atomic E-state index is -0.278. The van der Waals surface area contributed by atoms with Gasteiger partial charge in [0.2, 0.25) is 0 Å². The van der Waals surface area contributed by atoms with Crippen molar-refractivity contribution in [2.75, 3.05) is 0 Å². The fourth-order valence-corrected chi connectivity index (χ4v) is 2.01. The van der Waals surface area contributed by atoms with Gasteiger partial charge in [0, 0.05) is 10.3 Å². The summed E-state index contributed by atoms with van der Waals surface area (Å²) in [4.78, 5) is 1.46. The zero-order chi connectivity index (χ0) is 13.0. The van der Waals surface area contributed by atoms with Gasteiger partial charge in [-0.05, 0) is 30.2 Å². The van der Waals surface area contributed by atoms with Gasteiger partial charge in [0.25, 0.3) is 0 Å². The normalized spacial score (nSPS) is 11.7. The molecule has 0 unspecified atom stereocenters. The van der Waals surface area contributed by atoms with E-state index in [1.54, 1.807) is 12.1 Å². The summed E-state index contributed by atoms with van der Waals surface area (Å²) in [6.07, 6.45) is 0. The maximum absolute atomic E-state index is 12.8. The maximum Gasteiger partial charge on any atom is 0.123 e. The van der Waals surface area contributed by atoms with Crippen molar-refractivity contribution in [2.45, 2.75) is 6.92 Å². The lowest BCUT2D eigenvalue weighted by Gasteiger charge is -2.07. The number of hydrogen-bond acceptors (Lipinski definition) is 4. The summed E-state index contributed by atoms with van der Waals surface area (Å²) < 4.78 is 12.8. The molecule has 0 aliphatic rings. The predicted molar refractivity (Wildman–Crippen MR) is 86.8 cm³/mol. The molecule has 0 bridgehead atoms. The van der Waals surface area contributed by atoms with E-state index in [-0.39, 0.29) is 5.82 Å². The highest BCUT2D eigenvalue weighted by Gasteiger charge is 2.09. The van der Waals surface area contributed by atoms with Crippen molar-refractivity contribution in [1.82, 2.24) is 0 Å². The molecule has 17 heavy (non-hydrogen) atoms. The minimum Gasteiger partial charge on any atom is -0.207 e. The number of halogens is 1. The fraction of sp³-hybridized carbons (Fsp3) is 0.0833. The molecule has 0 fully saturated rings. The average molecular weight is 300 g/mol. The Morgan fingerprint density at radius 1 is 1.24 bits per heavy atom. The van der Waals surface area contributed by atoms with Crippen molar-refractivity contribution in [3.8, 4) is 0 Å². The summed E-state index contributed by atoms with van der Waals surface area (Å²) >= 11 is 19.2. The number of thiocarbonyl (C=S) groups is 3. The lowest BCUT2D eigenvalue weighted by Crippen LogP contribution is -2.10. The first kappa shape index (κ1) is 14.6. The van der Waals surface area contributed by atoms with Gasteiger partial charge in [0.15, 0.2) is 0 Å². The van der Waals surface area contributed by atoms with Gasteiger partial charge in [-0.1, -0.05) is 48.8 Å². The van der Waals surface area contributed by atoms with Crippen molar-refractivity contribution in [3.05, 3.63) is 40.6 Å². The van der Waals surface area contributed by atoms with Crippen LogP contribution in [0.2, 0.25) is 0 Å². The van der Waals surface area contributed by atoms with Gasteiger partial charge in [0.1, 0.15) is 5.82 Å². The minimum absolute atomic E-state index is 0.278. The molecule has 0 aliphatic heterocycles. The Hall–Kier alpha value is -0.490. The quantitative estimate of drug-likeness (QED) is 0.502. The van der Waals surface area contributed by atoms with Gasteiger partial charge in [-0.25, -0.2) is 4.39 Å². The highest BCUT2D eigenvalue weighted by molar-refractivity contribution is 7.97. The molecule has 0 heterocycles. The second-order valence-electron chi connectivity index (χ2n) is 3.29. The number of allylic oxidation sites excluding steroid dienone is 2. The van der Waals surface area contributed by atoms with Crippen molar-refractivity contribution < 1.29 is 4.39 Å². The monoisotopic (exact) mass is 300 g/mol. The van der Waals surface area contributed by atoms with Crippen molar-refractivity contribution in [3.63, 3.8) is 0 Å². The Bertz CT molecular complexity index is 500. The first-order chi connectivity index (χ1) is 7.97. The molecule has 88 valence electrons. The second kappa shape index (κ2) is 6.44. The Morgan fingerprint density at radius 3 is 2.24 bits per heavy atom. The number of hydrogen-bond donors (Lipinski definition) is 1. The van der Waals surface area contributed by atoms with Crippen LogP contribution in [-0.4, -0.2) is 15.1 Å². The topological polar surface area (TPSA) is 0 Å². The molecule has 5 heteroatoms. The van der Waals surface area contributed by atoms with E-state index in [2.05, 4.69) is 12.6 Å². The summed E-state index contributed by atoms with van der Waals surface area (Å²) in [5.74, 6) is -0.278. The van der Waals surface area contributed by atoms with Gasteiger partial charge in [0.05, 0.1) is 9.73 Å². The molecular formula is C12H9FS4. The smallest absolute Gasteiger partial charge is 0.123 e. The van der Waals surface area contributed by atoms with E-state index >= 15 is 0 Å². The van der Waals surface area contributed by atoms with Crippen LogP contribution in [0.4, 0.5) is 4.39 Å². The van der Waals surface area contributed by atoms with Gasteiger partial charge in [-0.15, -0.1) is 12.6 Å². The number of thiol groups is 1. The summed E-state index contributed by atoms with van der Waals surface area (Å²) in [6.45, 7) is 1.86. The van der Waals surface area contributed by atoms with Crippen LogP contribution in [0.1, 0.15) is 12.5 Å². The van der Waals surface area contributed by atoms with E-state index in [0.29, 0.717) is 14.6 Å². The van der Waals surface area contributed by atoms with Crippen LogP contribution in [0.5, 0.6) is 0 Å². The third-order valence-electron chi connectivity index (χ3n) is 2.18. The van der Waals surface area contributed by atoms with Crippen LogP contribution in [0.3, 0.4) is 0 Å². The van der Waals surface area contributed by atoms with E-state index in [1.165, 1.54) is 17.5 Å². The summed E-state index contributed by atoms with van der Waals surface area (Å²) in [5, 5.41) is 1.35. The van der Waals surface area contributed by atoms with Gasteiger partial charge >= 0.3 is 0 Å². The Labute approximate surface area is 121 Å². The summed E-state index contributed by atoms with van der Waals surface area (Å²) in [5.41, 5.74) is 1.70. The van der Waals surface area contributed by atoms with Gasteiger partial charge in [-0.2, -0.15) is 0 Å². The standard InChI is InChI=1S/C12H9FS4/c1-7(8-2-4-9(13)5-3-8)11(16)12(17)10(15)6-14/h2-6,16H,1H3/b11-7-. The molecule has 0 spiro atoms. The molecule has 0 atom stereocenters. The number of rotatable bonds is 4. The molecule has 1 aromatic carbocycles. The van der Waals surface area contributed by atoms with Gasteiger partial charge in [-0.3, -0.25) is 0 Å². The predicted octanol–water partition coefficient (Wildman–Crippen LogP) is 4.23. The molecule has 0 aliphatic carbocycles. The molecule has 0 nitrogen and oxygen atoms in total. The molecular weight excluding hydrogens is 291 g/mol. The second-order valence-corrected chi connectivity index (χ2v) is 4.82. The zero-order valence-corrected chi connectivity index (χ0v) is 12.3. The first-order valence-electron chi connectivity index (χ1n) is 4.67. The van der Waals surface area contributed by atoms with Crippen LogP contribution in [0.25, 0.3) is 5.57 Å². The summed E-state index contributed by atoms with van der Waals surface area (Å²) in [6, 6.07) is 6.12. The summed E-state index contributed by atoms with van der Waals surface area (Å²) in [7, 11) is 0. The molecule has 0 saturated heterocycles. The van der Waals surface area contributed by atoms with Crippen LogP contribution in [0, 0.1) is 5.82 Å². The lowest BCUT2D eigenvalue weighted by molar-refractivity contribution is 0.627. The van der Waals surface area contributed by atoms with Crippen molar-refractivity contribution in [1.29, 1.82) is 0 Å². The van der Waals surface area contributed by atoms with Crippen molar-refractivity contribution in [2.24, 2.45) is 0 Å². The molecule has 0 amide bonds. The van der Waals surface area contributed by atoms with E-state index in [4.69, 9.17) is 36.7 Å². The fourth-order valence-electron chi connectivity index (χ4n) is 1.18. The highest BCUT2D eigenvalue weighted by Crippen LogP contribution is 2.22. The Balaban J connectivity index is 3.13. The van der Waals surface area contributed by atoms with E-state index in [0.717, 1.165) is 11.1 Å². The Morgan fingerprint density at radius 2 is 1.76 bits per heavy atom. The lowest BCUT2D eigenvalue weighted by atomic mass is 10.1. The molecule has 0 saturated carbocycles. The molecule has 0 N–H and O–H groups in total. The van der Waals surface area contributed by atoms with Crippen LogP contribution >= 0.6 is 49.3 Å². The van der Waals surface area contributed by atoms with E-state index < -0.39 is 0 Å². The zero-order valence-electron chi connectivity index (χ0n) is 8.94. The average Bonchev–Trinajstić information content (AvgIpc) is 2.36. The molecule has 0 aromatic heterocycles. The van der Waals surface area contributed by atoms with Gasteiger partial charge < -0.3 is 0 Å². The third-order valence-corrected chi connectivity index (χ3v) is 4.15. The van der Waals surface area contributed by atoms with E-state index in [1.807, 2.05) is 6.92 Å². The van der Waals surface area contributed by atoms with Crippen LogP contribution in [-0.2, 0) is 0 Å². The largest absolute Gasteiger partial charge is 0.207 e. The van der Waals surface area contributed by atoms with Crippen LogP contribution < -0.4 is 0 Å². The highest BCUT2D eigenvalue weighted by atomic mass is 32.1. The molecule has 1 rings (SSSR count).